The van der Waals surface area contributed by atoms with Crippen LogP contribution in [0.1, 0.15) is 27.7 Å². The van der Waals surface area contributed by atoms with Gasteiger partial charge in [0, 0.05) is 12.5 Å². The van der Waals surface area contributed by atoms with Crippen molar-refractivity contribution < 1.29 is 19.1 Å². The van der Waals surface area contributed by atoms with E-state index in [1.807, 2.05) is 13.8 Å². The first kappa shape index (κ1) is 16.1. The Bertz CT molecular complexity index is 274. The monoisotopic (exact) mass is 245 g/mol. The summed E-state index contributed by atoms with van der Waals surface area (Å²) >= 11 is 0. The average Bonchev–Trinajstić information content (AvgIpc) is 2.25. The Kier molecular flexibility index (Phi) is 5.78. The molecule has 0 fully saturated rings. The van der Waals surface area contributed by atoms with Gasteiger partial charge in [0.15, 0.2) is 0 Å². The van der Waals surface area contributed by atoms with E-state index in [1.165, 1.54) is 0 Å². The van der Waals surface area contributed by atoms with Gasteiger partial charge in [-0.1, -0.05) is 13.8 Å². The fraction of sp³-hybridized carbons (Fsp3) is 0.833. The molecule has 1 atom stereocenters. The van der Waals surface area contributed by atoms with Crippen LogP contribution in [0, 0.1) is 10.8 Å². The summed E-state index contributed by atoms with van der Waals surface area (Å²) in [5.41, 5.74) is 4.63. The molecule has 100 valence electrons. The van der Waals surface area contributed by atoms with E-state index in [0.717, 1.165) is 6.29 Å². The first-order valence-electron chi connectivity index (χ1n) is 5.54. The minimum atomic E-state index is -0.773. The normalized spacial score (nSPS) is 14.2. The van der Waals surface area contributed by atoms with E-state index in [1.54, 1.807) is 21.0 Å². The summed E-state index contributed by atoms with van der Waals surface area (Å²) in [7, 11) is 1.55. The number of hydrogen-bond acceptors (Lipinski definition) is 5. The summed E-state index contributed by atoms with van der Waals surface area (Å²) in [6.07, 6.45) is 0.756. The number of nitrogens with two attached hydrogens (primary N) is 1. The van der Waals surface area contributed by atoms with Gasteiger partial charge in [0.05, 0.1) is 12.0 Å². The Morgan fingerprint density at radius 3 is 2.24 bits per heavy atom. The first-order valence-corrected chi connectivity index (χ1v) is 5.54. The Morgan fingerprint density at radius 1 is 1.29 bits per heavy atom. The van der Waals surface area contributed by atoms with Gasteiger partial charge in [-0.3, -0.25) is 4.79 Å². The fourth-order valence-corrected chi connectivity index (χ4v) is 1.16. The van der Waals surface area contributed by atoms with E-state index in [-0.39, 0.29) is 6.61 Å². The number of methoxy groups -OCH3 is 1. The lowest BCUT2D eigenvalue weighted by atomic mass is 9.86. The molecule has 0 aliphatic heterocycles. The van der Waals surface area contributed by atoms with E-state index in [0.29, 0.717) is 6.61 Å². The highest BCUT2D eigenvalue weighted by molar-refractivity contribution is 5.76. The predicted octanol–water partition coefficient (Wildman–Crippen LogP) is 0.755. The van der Waals surface area contributed by atoms with Gasteiger partial charge >= 0.3 is 5.97 Å². The van der Waals surface area contributed by atoms with Crippen molar-refractivity contribution in [1.29, 1.82) is 0 Å². The number of aldehydes is 1. The summed E-state index contributed by atoms with van der Waals surface area (Å²) in [4.78, 5) is 22.4. The zero-order valence-corrected chi connectivity index (χ0v) is 11.3. The second-order valence-corrected chi connectivity index (χ2v) is 5.61. The van der Waals surface area contributed by atoms with Crippen LogP contribution >= 0.6 is 0 Å². The smallest absolute Gasteiger partial charge is 0.323 e. The Hall–Kier alpha value is -0.940. The minimum absolute atomic E-state index is 0.0338. The molecule has 1 unspecified atom stereocenters. The minimum Gasteiger partial charge on any atom is -0.463 e. The molecule has 0 saturated heterocycles. The second kappa shape index (κ2) is 6.12. The summed E-state index contributed by atoms with van der Waals surface area (Å²) in [5.74, 6) is -0.512. The van der Waals surface area contributed by atoms with Crippen molar-refractivity contribution in [3.05, 3.63) is 0 Å². The van der Waals surface area contributed by atoms with Crippen molar-refractivity contribution in [3.63, 3.8) is 0 Å². The maximum absolute atomic E-state index is 11.7. The summed E-state index contributed by atoms with van der Waals surface area (Å²) in [6, 6.07) is -0.773. The van der Waals surface area contributed by atoms with E-state index in [9.17, 15) is 9.59 Å². The number of carbonyl (C=O) groups is 2. The third-order valence-electron chi connectivity index (χ3n) is 2.52. The van der Waals surface area contributed by atoms with Gasteiger partial charge in [0.2, 0.25) is 0 Å². The Balaban J connectivity index is 4.37. The number of ether oxygens (including phenoxy) is 2. The zero-order valence-electron chi connectivity index (χ0n) is 11.3. The molecule has 0 saturated carbocycles. The van der Waals surface area contributed by atoms with Crippen molar-refractivity contribution >= 4 is 12.3 Å². The quantitative estimate of drug-likeness (QED) is 0.529. The molecule has 17 heavy (non-hydrogen) atoms. The van der Waals surface area contributed by atoms with Gasteiger partial charge in [0.25, 0.3) is 0 Å². The lowest BCUT2D eigenvalue weighted by Gasteiger charge is -2.29. The van der Waals surface area contributed by atoms with Crippen LogP contribution in [0.4, 0.5) is 0 Å². The molecule has 0 rings (SSSR count). The molecule has 0 aliphatic rings. The van der Waals surface area contributed by atoms with Crippen LogP contribution in [0.25, 0.3) is 0 Å². The average molecular weight is 245 g/mol. The van der Waals surface area contributed by atoms with Gasteiger partial charge in [-0.15, -0.1) is 0 Å². The first-order chi connectivity index (χ1) is 7.66. The third-order valence-corrected chi connectivity index (χ3v) is 2.52. The van der Waals surface area contributed by atoms with Crippen LogP contribution in [0.5, 0.6) is 0 Å². The van der Waals surface area contributed by atoms with Crippen molar-refractivity contribution in [2.45, 2.75) is 33.7 Å². The molecule has 0 aromatic rings. The summed E-state index contributed by atoms with van der Waals surface area (Å²) < 4.78 is 10.0. The largest absolute Gasteiger partial charge is 0.463 e. The van der Waals surface area contributed by atoms with E-state index >= 15 is 0 Å². The highest BCUT2D eigenvalue weighted by Crippen LogP contribution is 2.21. The van der Waals surface area contributed by atoms with Gasteiger partial charge in [-0.2, -0.15) is 0 Å². The molecule has 2 N–H and O–H groups in total. The molecule has 0 bridgehead atoms. The lowest BCUT2D eigenvalue weighted by molar-refractivity contribution is -0.152. The molecule has 0 amide bonds. The van der Waals surface area contributed by atoms with Crippen LogP contribution in [0.15, 0.2) is 0 Å². The van der Waals surface area contributed by atoms with Crippen molar-refractivity contribution in [3.8, 4) is 0 Å². The topological polar surface area (TPSA) is 78.6 Å². The van der Waals surface area contributed by atoms with E-state index in [2.05, 4.69) is 0 Å². The number of hydrogen-bond donors (Lipinski definition) is 1. The molecule has 5 nitrogen and oxygen atoms in total. The van der Waals surface area contributed by atoms with Gasteiger partial charge in [-0.25, -0.2) is 0 Å². The van der Waals surface area contributed by atoms with E-state index < -0.39 is 22.8 Å². The molecule has 0 aromatic heterocycles. The number of rotatable bonds is 7. The van der Waals surface area contributed by atoms with Crippen molar-refractivity contribution in [2.24, 2.45) is 16.6 Å². The highest BCUT2D eigenvalue weighted by Gasteiger charge is 2.34. The molecular formula is C12H23NO4. The van der Waals surface area contributed by atoms with E-state index in [4.69, 9.17) is 15.2 Å². The zero-order chi connectivity index (χ0) is 13.7. The SMILES string of the molecule is COCC(C)(C)C(N)C(=O)OCC(C)(C)C=O. The standard InChI is InChI=1S/C12H23NO4/c1-11(2,6-14)7-17-10(15)9(13)12(3,4)8-16-5/h6,9H,7-8,13H2,1-5H3. The number of esters is 1. The maximum Gasteiger partial charge on any atom is 0.323 e. The number of carbonyl (C=O) groups excluding carboxylic acids is 2. The second-order valence-electron chi connectivity index (χ2n) is 5.61. The Morgan fingerprint density at radius 2 is 1.82 bits per heavy atom. The maximum atomic E-state index is 11.7. The van der Waals surface area contributed by atoms with Crippen LogP contribution in [-0.4, -0.2) is 38.6 Å². The summed E-state index contributed by atoms with van der Waals surface area (Å²) in [6.45, 7) is 7.44. The van der Waals surface area contributed by atoms with Crippen molar-refractivity contribution in [2.75, 3.05) is 20.3 Å². The van der Waals surface area contributed by atoms with Gasteiger partial charge in [0.1, 0.15) is 18.9 Å². The molecule has 0 aliphatic carbocycles. The molecule has 0 spiro atoms. The molecule has 5 heteroatoms. The third kappa shape index (κ3) is 5.28. The highest BCUT2D eigenvalue weighted by atomic mass is 16.5. The molecule has 0 aromatic carbocycles. The van der Waals surface area contributed by atoms with Crippen LogP contribution < -0.4 is 5.73 Å². The summed E-state index contributed by atoms with van der Waals surface area (Å²) in [5, 5.41) is 0. The fourth-order valence-electron chi connectivity index (χ4n) is 1.16. The van der Waals surface area contributed by atoms with Crippen LogP contribution in [-0.2, 0) is 19.1 Å². The van der Waals surface area contributed by atoms with Crippen molar-refractivity contribution in [1.82, 2.24) is 0 Å². The Labute approximate surface area is 103 Å². The predicted molar refractivity (Wildman–Crippen MR) is 64.4 cm³/mol. The molecule has 0 heterocycles. The molecule has 0 radical (unpaired) electrons. The van der Waals surface area contributed by atoms with Crippen LogP contribution in [0.3, 0.4) is 0 Å². The lowest BCUT2D eigenvalue weighted by Crippen LogP contribution is -2.48. The van der Waals surface area contributed by atoms with Crippen LogP contribution in [0.2, 0.25) is 0 Å². The van der Waals surface area contributed by atoms with Gasteiger partial charge < -0.3 is 20.0 Å². The van der Waals surface area contributed by atoms with Gasteiger partial charge in [-0.05, 0) is 13.8 Å². The molecular weight excluding hydrogens is 222 g/mol.